The van der Waals surface area contributed by atoms with Gasteiger partial charge in [-0.3, -0.25) is 4.21 Å². The van der Waals surface area contributed by atoms with Crippen LogP contribution in [-0.2, 0) is 26.7 Å². The number of hydrogen-bond acceptors (Lipinski definition) is 3. The summed E-state index contributed by atoms with van der Waals surface area (Å²) in [4.78, 5) is -0.393. The summed E-state index contributed by atoms with van der Waals surface area (Å²) < 4.78 is 52.0. The highest BCUT2D eigenvalue weighted by atomic mass is 79.9. The molecule has 1 saturated heterocycles. The van der Waals surface area contributed by atoms with Crippen molar-refractivity contribution in [1.29, 1.82) is 0 Å². The van der Waals surface area contributed by atoms with Crippen molar-refractivity contribution in [3.63, 3.8) is 0 Å². The largest absolute Gasteiger partial charge is 0.259 e. The Kier molecular flexibility index (Phi) is 5.23. The van der Waals surface area contributed by atoms with Gasteiger partial charge < -0.3 is 0 Å². The second kappa shape index (κ2) is 6.39. The molecule has 0 atom stereocenters. The van der Waals surface area contributed by atoms with Gasteiger partial charge in [0.05, 0.1) is 5.88 Å². The third-order valence-electron chi connectivity index (χ3n) is 2.98. The Bertz CT molecular complexity index is 643. The molecule has 0 amide bonds. The standard InChI is InChI=1S/C11H12BrClFNO3S2/c12-9-5-8(7-13)11(14)10(6-9)20(17,18)15-1-3-19(16)4-2-15/h5-6H,1-4,7H2. The molecule has 0 bridgehead atoms. The van der Waals surface area contributed by atoms with Crippen LogP contribution in [-0.4, -0.2) is 41.5 Å². The first-order chi connectivity index (χ1) is 9.36. The lowest BCUT2D eigenvalue weighted by Gasteiger charge is -2.26. The zero-order valence-corrected chi connectivity index (χ0v) is 14.3. The molecular weight excluding hydrogens is 393 g/mol. The lowest BCUT2D eigenvalue weighted by molar-refractivity contribution is 0.433. The average Bonchev–Trinajstić information content (AvgIpc) is 2.41. The number of benzene rings is 1. The Hall–Kier alpha value is -0.0200. The van der Waals surface area contributed by atoms with Gasteiger partial charge in [0.15, 0.2) is 0 Å². The van der Waals surface area contributed by atoms with E-state index in [2.05, 4.69) is 15.9 Å². The number of rotatable bonds is 3. The highest BCUT2D eigenvalue weighted by Gasteiger charge is 2.31. The smallest absolute Gasteiger partial charge is 0.246 e. The van der Waals surface area contributed by atoms with Gasteiger partial charge in [-0.1, -0.05) is 15.9 Å². The van der Waals surface area contributed by atoms with Crippen molar-refractivity contribution in [3.05, 3.63) is 28.0 Å². The van der Waals surface area contributed by atoms with Crippen LogP contribution in [0.2, 0.25) is 0 Å². The summed E-state index contributed by atoms with van der Waals surface area (Å²) >= 11 is 8.78. The molecule has 1 aliphatic heterocycles. The second-order valence-electron chi connectivity index (χ2n) is 4.26. The molecule has 20 heavy (non-hydrogen) atoms. The molecule has 1 aliphatic rings. The molecule has 2 rings (SSSR count). The number of alkyl halides is 1. The fraction of sp³-hybridized carbons (Fsp3) is 0.455. The van der Waals surface area contributed by atoms with Crippen LogP contribution in [0.5, 0.6) is 0 Å². The van der Waals surface area contributed by atoms with E-state index in [1.54, 1.807) is 0 Å². The second-order valence-corrected chi connectivity index (χ2v) is 9.05. The van der Waals surface area contributed by atoms with Crippen molar-refractivity contribution in [1.82, 2.24) is 4.31 Å². The summed E-state index contributed by atoms with van der Waals surface area (Å²) in [6, 6.07) is 2.68. The predicted octanol–water partition coefficient (Wildman–Crippen LogP) is 2.08. The predicted molar refractivity (Wildman–Crippen MR) is 80.3 cm³/mol. The van der Waals surface area contributed by atoms with E-state index in [0.29, 0.717) is 4.47 Å². The van der Waals surface area contributed by atoms with E-state index < -0.39 is 31.5 Å². The van der Waals surface area contributed by atoms with Crippen LogP contribution < -0.4 is 0 Å². The summed E-state index contributed by atoms with van der Waals surface area (Å²) in [5.74, 6) is -0.387. The van der Waals surface area contributed by atoms with Gasteiger partial charge in [0, 0.05) is 45.4 Å². The maximum Gasteiger partial charge on any atom is 0.246 e. The summed E-state index contributed by atoms with van der Waals surface area (Å²) in [6.07, 6.45) is 0. The molecule has 0 N–H and O–H groups in total. The summed E-state index contributed by atoms with van der Waals surface area (Å²) in [5, 5.41) is 0. The number of halogens is 3. The van der Waals surface area contributed by atoms with Gasteiger partial charge in [0.2, 0.25) is 10.0 Å². The van der Waals surface area contributed by atoms with Crippen LogP contribution in [0.15, 0.2) is 21.5 Å². The molecule has 0 unspecified atom stereocenters. The van der Waals surface area contributed by atoms with E-state index in [1.165, 1.54) is 12.1 Å². The van der Waals surface area contributed by atoms with E-state index in [4.69, 9.17) is 11.6 Å². The van der Waals surface area contributed by atoms with E-state index in [0.717, 1.165) is 4.31 Å². The Balaban J connectivity index is 2.44. The van der Waals surface area contributed by atoms with Crippen LogP contribution in [0.3, 0.4) is 0 Å². The molecule has 0 aromatic heterocycles. The Morgan fingerprint density at radius 2 is 1.95 bits per heavy atom. The SMILES string of the molecule is O=S1CCN(S(=O)(=O)c2cc(Br)cc(CCl)c2F)CC1. The molecule has 4 nitrogen and oxygen atoms in total. The summed E-state index contributed by atoms with van der Waals surface area (Å²) in [5.41, 5.74) is 0.125. The van der Waals surface area contributed by atoms with Gasteiger partial charge in [-0.15, -0.1) is 11.6 Å². The topological polar surface area (TPSA) is 54.5 Å². The van der Waals surface area contributed by atoms with Crippen molar-refractivity contribution in [2.45, 2.75) is 10.8 Å². The van der Waals surface area contributed by atoms with E-state index in [-0.39, 0.29) is 36.0 Å². The zero-order valence-electron chi connectivity index (χ0n) is 10.3. The minimum absolute atomic E-state index is 0.113. The van der Waals surface area contributed by atoms with Crippen LogP contribution >= 0.6 is 27.5 Å². The minimum atomic E-state index is -3.94. The number of sulfonamides is 1. The number of hydrogen-bond donors (Lipinski definition) is 0. The Morgan fingerprint density at radius 3 is 2.50 bits per heavy atom. The van der Waals surface area contributed by atoms with Crippen molar-refractivity contribution >= 4 is 48.4 Å². The van der Waals surface area contributed by atoms with Gasteiger partial charge in [0.25, 0.3) is 0 Å². The first-order valence-electron chi connectivity index (χ1n) is 5.75. The van der Waals surface area contributed by atoms with Gasteiger partial charge in [-0.25, -0.2) is 12.8 Å². The maximum absolute atomic E-state index is 14.2. The van der Waals surface area contributed by atoms with Crippen molar-refractivity contribution in [2.75, 3.05) is 24.6 Å². The first-order valence-corrected chi connectivity index (χ1v) is 10.0. The van der Waals surface area contributed by atoms with E-state index in [1.807, 2.05) is 0 Å². The number of nitrogens with zero attached hydrogens (tertiary/aromatic N) is 1. The molecule has 1 aromatic rings. The molecule has 0 spiro atoms. The zero-order chi connectivity index (χ0) is 14.9. The summed E-state index contributed by atoms with van der Waals surface area (Å²) in [6.45, 7) is 0.272. The molecule has 9 heteroatoms. The van der Waals surface area contributed by atoms with Crippen molar-refractivity contribution in [3.8, 4) is 0 Å². The van der Waals surface area contributed by atoms with Gasteiger partial charge >= 0.3 is 0 Å². The molecule has 1 aromatic carbocycles. The molecule has 0 radical (unpaired) electrons. The van der Waals surface area contributed by atoms with Gasteiger partial charge in [0.1, 0.15) is 10.7 Å². The van der Waals surface area contributed by atoms with Crippen LogP contribution in [0, 0.1) is 5.82 Å². The molecule has 1 heterocycles. The lowest BCUT2D eigenvalue weighted by atomic mass is 10.2. The van der Waals surface area contributed by atoms with Gasteiger partial charge in [-0.05, 0) is 12.1 Å². The third-order valence-corrected chi connectivity index (χ3v) is 6.90. The van der Waals surface area contributed by atoms with Gasteiger partial charge in [-0.2, -0.15) is 4.31 Å². The van der Waals surface area contributed by atoms with E-state index >= 15 is 0 Å². The average molecular weight is 405 g/mol. The van der Waals surface area contributed by atoms with Crippen molar-refractivity contribution < 1.29 is 17.0 Å². The van der Waals surface area contributed by atoms with E-state index in [9.17, 15) is 17.0 Å². The monoisotopic (exact) mass is 403 g/mol. The normalized spacial score (nSPS) is 18.4. The highest BCUT2D eigenvalue weighted by Crippen LogP contribution is 2.28. The minimum Gasteiger partial charge on any atom is -0.259 e. The molecule has 112 valence electrons. The Morgan fingerprint density at radius 1 is 1.35 bits per heavy atom. The fourth-order valence-electron chi connectivity index (χ4n) is 1.90. The van der Waals surface area contributed by atoms with Crippen LogP contribution in [0.4, 0.5) is 4.39 Å². The molecular formula is C11H12BrClFNO3S2. The fourth-order valence-corrected chi connectivity index (χ4v) is 5.61. The van der Waals surface area contributed by atoms with Crippen LogP contribution in [0.1, 0.15) is 5.56 Å². The quantitative estimate of drug-likeness (QED) is 0.725. The summed E-state index contributed by atoms with van der Waals surface area (Å²) in [7, 11) is -4.93. The molecule has 0 saturated carbocycles. The third kappa shape index (κ3) is 3.24. The lowest BCUT2D eigenvalue weighted by Crippen LogP contribution is -2.42. The van der Waals surface area contributed by atoms with Crippen LogP contribution in [0.25, 0.3) is 0 Å². The first kappa shape index (κ1) is 16.4. The maximum atomic E-state index is 14.2. The molecule has 0 aliphatic carbocycles. The molecule has 1 fully saturated rings. The Labute approximate surface area is 132 Å². The highest BCUT2D eigenvalue weighted by molar-refractivity contribution is 9.10. The van der Waals surface area contributed by atoms with Crippen molar-refractivity contribution in [2.24, 2.45) is 0 Å².